The second-order valence-electron chi connectivity index (χ2n) is 1.88. The molecule has 0 fully saturated rings. The van der Waals surface area contributed by atoms with Crippen LogP contribution in [0.15, 0.2) is 36.3 Å². The fraction of sp³-hybridized carbons (Fsp3) is 0.250. The lowest BCUT2D eigenvalue weighted by molar-refractivity contribution is 0.261. The van der Waals surface area contributed by atoms with Gasteiger partial charge in [-0.25, -0.2) is 0 Å². The van der Waals surface area contributed by atoms with Crippen molar-refractivity contribution >= 4 is 0 Å². The molecule has 0 radical (unpaired) electrons. The van der Waals surface area contributed by atoms with E-state index in [9.17, 15) is 8.78 Å². The largest absolute Gasteiger partial charge is 0.494 e. The molecule has 4 heteroatoms. The first-order valence-electron chi connectivity index (χ1n) is 3.06. The first-order chi connectivity index (χ1) is 5.54. The molecule has 0 aromatic rings. The van der Waals surface area contributed by atoms with Crippen LogP contribution < -0.4 is 0 Å². The van der Waals surface area contributed by atoms with Crippen LogP contribution >= 0.6 is 0 Å². The molecule has 0 aliphatic heterocycles. The van der Waals surface area contributed by atoms with Gasteiger partial charge in [-0.05, 0) is 0 Å². The van der Waals surface area contributed by atoms with E-state index in [1.165, 1.54) is 14.2 Å². The molecule has 0 saturated carbocycles. The smallest absolute Gasteiger partial charge is 0.203 e. The molecule has 0 heterocycles. The van der Waals surface area contributed by atoms with E-state index in [1.54, 1.807) is 0 Å². The number of halogens is 2. The van der Waals surface area contributed by atoms with Crippen molar-refractivity contribution in [1.82, 2.24) is 0 Å². The maximum Gasteiger partial charge on any atom is 0.203 e. The summed E-state index contributed by atoms with van der Waals surface area (Å²) < 4.78 is 34.3. The van der Waals surface area contributed by atoms with Crippen molar-refractivity contribution in [3.63, 3.8) is 0 Å². The highest BCUT2D eigenvalue weighted by Crippen LogP contribution is 2.21. The van der Waals surface area contributed by atoms with Crippen molar-refractivity contribution in [3.05, 3.63) is 36.3 Å². The zero-order chi connectivity index (χ0) is 9.72. The molecule has 0 unspecified atom stereocenters. The normalized spacial score (nSPS) is 11.7. The van der Waals surface area contributed by atoms with Crippen molar-refractivity contribution in [3.8, 4) is 0 Å². The van der Waals surface area contributed by atoms with E-state index in [0.717, 1.165) is 0 Å². The number of methoxy groups -OCH3 is 2. The van der Waals surface area contributed by atoms with Gasteiger partial charge in [-0.15, -0.1) is 0 Å². The Hall–Kier alpha value is -1.32. The highest BCUT2D eigenvalue weighted by molar-refractivity contribution is 5.28. The van der Waals surface area contributed by atoms with E-state index in [1.807, 2.05) is 0 Å². The predicted octanol–water partition coefficient (Wildman–Crippen LogP) is 2.46. The minimum absolute atomic E-state index is 0.397. The van der Waals surface area contributed by atoms with Gasteiger partial charge in [0.2, 0.25) is 11.7 Å². The molecule has 68 valence electrons. The van der Waals surface area contributed by atoms with Crippen LogP contribution in [0.4, 0.5) is 8.78 Å². The lowest BCUT2D eigenvalue weighted by Gasteiger charge is -2.04. The van der Waals surface area contributed by atoms with Gasteiger partial charge in [-0.1, -0.05) is 13.2 Å². The molecule has 0 saturated heterocycles. The van der Waals surface area contributed by atoms with Crippen LogP contribution in [0.1, 0.15) is 0 Å². The van der Waals surface area contributed by atoms with Gasteiger partial charge in [0.1, 0.15) is 0 Å². The van der Waals surface area contributed by atoms with Gasteiger partial charge in [-0.2, -0.15) is 8.78 Å². The summed E-state index contributed by atoms with van der Waals surface area (Å²) in [5.41, 5.74) is 0. The van der Waals surface area contributed by atoms with Crippen molar-refractivity contribution in [1.29, 1.82) is 0 Å². The lowest BCUT2D eigenvalue weighted by atomic mass is 10.3. The van der Waals surface area contributed by atoms with Gasteiger partial charge in [0.15, 0.2) is 11.5 Å². The lowest BCUT2D eigenvalue weighted by Crippen LogP contribution is -1.92. The maximum atomic E-state index is 12.8. The topological polar surface area (TPSA) is 18.5 Å². The SMILES string of the molecule is C=C(OC)/C(F)=C(/F)C(=C)OC. The molecule has 0 atom stereocenters. The predicted molar refractivity (Wildman–Crippen MR) is 41.5 cm³/mol. The van der Waals surface area contributed by atoms with Crippen LogP contribution in [0, 0.1) is 0 Å². The van der Waals surface area contributed by atoms with E-state index in [2.05, 4.69) is 22.6 Å². The molecule has 0 rings (SSSR count). The van der Waals surface area contributed by atoms with Gasteiger partial charge in [0.05, 0.1) is 14.2 Å². The van der Waals surface area contributed by atoms with E-state index in [0.29, 0.717) is 0 Å². The zero-order valence-corrected chi connectivity index (χ0v) is 6.99. The summed E-state index contributed by atoms with van der Waals surface area (Å²) in [6.45, 7) is 6.24. The molecule has 0 bridgehead atoms. The maximum absolute atomic E-state index is 12.8. The number of hydrogen-bond acceptors (Lipinski definition) is 2. The van der Waals surface area contributed by atoms with Crippen molar-refractivity contribution in [2.75, 3.05) is 14.2 Å². The second-order valence-corrected chi connectivity index (χ2v) is 1.88. The van der Waals surface area contributed by atoms with Crippen molar-refractivity contribution < 1.29 is 18.3 Å². The van der Waals surface area contributed by atoms with E-state index in [4.69, 9.17) is 0 Å². The van der Waals surface area contributed by atoms with E-state index < -0.39 is 23.2 Å². The summed E-state index contributed by atoms with van der Waals surface area (Å²) in [7, 11) is 2.37. The van der Waals surface area contributed by atoms with Crippen LogP contribution in [0.2, 0.25) is 0 Å². The van der Waals surface area contributed by atoms with Crippen LogP contribution in [0.3, 0.4) is 0 Å². The minimum atomic E-state index is -1.20. The highest BCUT2D eigenvalue weighted by atomic mass is 19.2. The standard InChI is InChI=1S/C8H10F2O2/c1-5(11-3)7(9)8(10)6(2)12-4/h1-2H2,3-4H3/b8-7-. The summed E-state index contributed by atoms with van der Waals surface area (Å²) in [5, 5.41) is 0. The number of allylic oxidation sites excluding steroid dienone is 2. The van der Waals surface area contributed by atoms with Gasteiger partial charge in [0, 0.05) is 0 Å². The summed E-state index contributed by atoms with van der Waals surface area (Å²) in [6, 6.07) is 0. The Bertz CT molecular complexity index is 207. The minimum Gasteiger partial charge on any atom is -0.494 e. The van der Waals surface area contributed by atoms with Crippen LogP contribution in [0.5, 0.6) is 0 Å². The fourth-order valence-corrected chi connectivity index (χ4v) is 0.424. The number of rotatable bonds is 4. The molecule has 0 amide bonds. The third kappa shape index (κ3) is 2.38. The monoisotopic (exact) mass is 176 g/mol. The van der Waals surface area contributed by atoms with Crippen molar-refractivity contribution in [2.45, 2.75) is 0 Å². The highest BCUT2D eigenvalue weighted by Gasteiger charge is 2.13. The molecule has 0 aromatic heterocycles. The Morgan fingerprint density at radius 1 is 0.917 bits per heavy atom. The molecule has 0 N–H and O–H groups in total. The molecule has 0 aliphatic rings. The van der Waals surface area contributed by atoms with Crippen LogP contribution in [-0.4, -0.2) is 14.2 Å². The van der Waals surface area contributed by atoms with Gasteiger partial charge in [-0.3, -0.25) is 0 Å². The van der Waals surface area contributed by atoms with Gasteiger partial charge < -0.3 is 9.47 Å². The summed E-state index contributed by atoms with van der Waals surface area (Å²) >= 11 is 0. The number of hydrogen-bond donors (Lipinski definition) is 0. The molecule has 0 spiro atoms. The van der Waals surface area contributed by atoms with Gasteiger partial charge in [0.25, 0.3) is 0 Å². The Labute approximate surface area is 69.8 Å². The Kier molecular flexibility index (Phi) is 4.04. The van der Waals surface area contributed by atoms with Crippen LogP contribution in [-0.2, 0) is 9.47 Å². The van der Waals surface area contributed by atoms with E-state index >= 15 is 0 Å². The Morgan fingerprint density at radius 2 is 1.17 bits per heavy atom. The molecule has 2 nitrogen and oxygen atoms in total. The Balaban J connectivity index is 4.68. The molecular formula is C8H10F2O2. The molecular weight excluding hydrogens is 166 g/mol. The first-order valence-corrected chi connectivity index (χ1v) is 3.06. The van der Waals surface area contributed by atoms with Crippen LogP contribution in [0.25, 0.3) is 0 Å². The first kappa shape index (κ1) is 10.7. The third-order valence-electron chi connectivity index (χ3n) is 1.18. The molecule has 0 aliphatic carbocycles. The Morgan fingerprint density at radius 3 is 1.33 bits per heavy atom. The quantitative estimate of drug-likeness (QED) is 0.484. The average molecular weight is 176 g/mol. The summed E-state index contributed by atoms with van der Waals surface area (Å²) in [6.07, 6.45) is 0. The van der Waals surface area contributed by atoms with E-state index in [-0.39, 0.29) is 0 Å². The molecule has 12 heavy (non-hydrogen) atoms. The summed E-state index contributed by atoms with van der Waals surface area (Å²) in [4.78, 5) is 0. The number of ether oxygens (including phenoxy) is 2. The average Bonchev–Trinajstić information content (AvgIpc) is 2.12. The molecule has 0 aromatic carbocycles. The fourth-order valence-electron chi connectivity index (χ4n) is 0.424. The second kappa shape index (κ2) is 4.54. The summed E-state index contributed by atoms with van der Waals surface area (Å²) in [5.74, 6) is -3.20. The van der Waals surface area contributed by atoms with Gasteiger partial charge >= 0.3 is 0 Å². The third-order valence-corrected chi connectivity index (χ3v) is 1.18. The zero-order valence-electron chi connectivity index (χ0n) is 6.99. The van der Waals surface area contributed by atoms with Crippen molar-refractivity contribution in [2.24, 2.45) is 0 Å².